The van der Waals surface area contributed by atoms with E-state index >= 15 is 0 Å². The summed E-state index contributed by atoms with van der Waals surface area (Å²) in [6, 6.07) is 11.8. The van der Waals surface area contributed by atoms with Gasteiger partial charge in [0.1, 0.15) is 11.3 Å². The first-order valence-corrected chi connectivity index (χ1v) is 9.03. The van der Waals surface area contributed by atoms with Crippen molar-refractivity contribution in [1.29, 1.82) is 0 Å². The highest BCUT2D eigenvalue weighted by Gasteiger charge is 2.30. The number of carbonyl (C=O) groups excluding carboxylic acids is 1. The molecule has 0 spiro atoms. The number of ether oxygens (including phenoxy) is 1. The molecule has 1 aromatic heterocycles. The number of aromatic nitrogens is 1. The fourth-order valence-corrected chi connectivity index (χ4v) is 3.63. The van der Waals surface area contributed by atoms with E-state index in [0.717, 1.165) is 12.0 Å². The van der Waals surface area contributed by atoms with Crippen LogP contribution in [0.5, 0.6) is 0 Å². The fraction of sp³-hybridized carbons (Fsp3) is 0.333. The molecule has 0 radical (unpaired) electrons. The maximum absolute atomic E-state index is 13.2. The van der Waals surface area contributed by atoms with Gasteiger partial charge in [0, 0.05) is 26.6 Å². The average Bonchev–Trinajstić information content (AvgIpc) is 3.07. The summed E-state index contributed by atoms with van der Waals surface area (Å²) < 4.78 is 24.6. The van der Waals surface area contributed by atoms with E-state index in [4.69, 9.17) is 9.15 Å². The number of nitrogens with zero attached hydrogens (tertiary/aromatic N) is 2. The van der Waals surface area contributed by atoms with Crippen molar-refractivity contribution in [2.75, 3.05) is 13.7 Å². The molecule has 1 saturated heterocycles. The Kier molecular flexibility index (Phi) is 4.66. The third-order valence-electron chi connectivity index (χ3n) is 5.12. The quantitative estimate of drug-likeness (QED) is 0.693. The molecular formula is C21H21FN2O3. The normalized spacial score (nSPS) is 20.0. The summed E-state index contributed by atoms with van der Waals surface area (Å²) in [7, 11) is 1.81. The Morgan fingerprint density at radius 3 is 2.78 bits per heavy atom. The molecule has 2 aromatic carbocycles. The number of rotatable bonds is 3. The molecule has 4 rings (SSSR count). The number of hydrogen-bond donors (Lipinski definition) is 0. The molecule has 27 heavy (non-hydrogen) atoms. The Morgan fingerprint density at radius 1 is 1.22 bits per heavy atom. The Labute approximate surface area is 156 Å². The van der Waals surface area contributed by atoms with E-state index in [1.54, 1.807) is 36.1 Å². The Morgan fingerprint density at radius 2 is 2.00 bits per heavy atom. The third-order valence-corrected chi connectivity index (χ3v) is 5.12. The smallest absolute Gasteiger partial charge is 0.256 e. The van der Waals surface area contributed by atoms with Gasteiger partial charge in [-0.05, 0) is 42.7 Å². The van der Waals surface area contributed by atoms with Crippen LogP contribution in [0, 0.1) is 12.7 Å². The predicted octanol–water partition coefficient (Wildman–Crippen LogP) is 4.27. The summed E-state index contributed by atoms with van der Waals surface area (Å²) in [6.45, 7) is 2.32. The lowest BCUT2D eigenvalue weighted by Gasteiger charge is -2.35. The zero-order valence-electron chi connectivity index (χ0n) is 15.3. The van der Waals surface area contributed by atoms with Gasteiger partial charge in [-0.2, -0.15) is 0 Å². The maximum Gasteiger partial charge on any atom is 0.256 e. The van der Waals surface area contributed by atoms with Crippen LogP contribution in [0.3, 0.4) is 0 Å². The van der Waals surface area contributed by atoms with Crippen molar-refractivity contribution in [1.82, 2.24) is 9.88 Å². The Balaban J connectivity index is 1.55. The summed E-state index contributed by atoms with van der Waals surface area (Å²) in [5, 5.41) is 0. The van der Waals surface area contributed by atoms with Crippen LogP contribution in [-0.2, 0) is 4.74 Å². The monoisotopic (exact) mass is 368 g/mol. The van der Waals surface area contributed by atoms with Crippen molar-refractivity contribution >= 4 is 17.0 Å². The second-order valence-corrected chi connectivity index (χ2v) is 6.89. The number of aryl methyl sites for hydroxylation is 1. The van der Waals surface area contributed by atoms with Gasteiger partial charge in [-0.15, -0.1) is 0 Å². The lowest BCUT2D eigenvalue weighted by Crippen LogP contribution is -2.41. The standard InChI is InChI=1S/C21H21FN2O3/c1-13-23-20-17(4-3-5-18(20)27-13)21(25)24(2)16-10-11-26-19(12-16)14-6-8-15(22)9-7-14/h3-9,16,19H,10-12H2,1-2H3. The van der Waals surface area contributed by atoms with Crippen LogP contribution in [-0.4, -0.2) is 35.5 Å². The van der Waals surface area contributed by atoms with E-state index in [1.807, 2.05) is 13.1 Å². The summed E-state index contributed by atoms with van der Waals surface area (Å²) >= 11 is 0. The van der Waals surface area contributed by atoms with Crippen LogP contribution < -0.4 is 0 Å². The zero-order chi connectivity index (χ0) is 19.0. The lowest BCUT2D eigenvalue weighted by atomic mass is 9.96. The number of fused-ring (bicyclic) bond motifs is 1. The molecule has 1 amide bonds. The van der Waals surface area contributed by atoms with E-state index in [-0.39, 0.29) is 23.9 Å². The summed E-state index contributed by atoms with van der Waals surface area (Å²) in [4.78, 5) is 19.2. The van der Waals surface area contributed by atoms with Gasteiger partial charge < -0.3 is 14.1 Å². The van der Waals surface area contributed by atoms with E-state index in [2.05, 4.69) is 4.98 Å². The molecule has 6 heteroatoms. The van der Waals surface area contributed by atoms with Gasteiger partial charge in [0.05, 0.1) is 11.7 Å². The average molecular weight is 368 g/mol. The first-order valence-electron chi connectivity index (χ1n) is 9.03. The van der Waals surface area contributed by atoms with E-state index < -0.39 is 0 Å². The highest BCUT2D eigenvalue weighted by Crippen LogP contribution is 2.31. The number of hydrogen-bond acceptors (Lipinski definition) is 4. The first kappa shape index (κ1) is 17.7. The van der Waals surface area contributed by atoms with E-state index in [9.17, 15) is 9.18 Å². The minimum atomic E-state index is -0.269. The highest BCUT2D eigenvalue weighted by atomic mass is 19.1. The largest absolute Gasteiger partial charge is 0.441 e. The second kappa shape index (κ2) is 7.12. The van der Waals surface area contributed by atoms with E-state index in [0.29, 0.717) is 35.6 Å². The SMILES string of the molecule is Cc1nc2c(C(=O)N(C)C3CCOC(c4ccc(F)cc4)C3)cccc2o1. The van der Waals surface area contributed by atoms with Gasteiger partial charge in [0.15, 0.2) is 11.5 Å². The maximum atomic E-state index is 13.2. The molecule has 5 nitrogen and oxygen atoms in total. The van der Waals surface area contributed by atoms with Crippen molar-refractivity contribution < 1.29 is 18.3 Å². The number of para-hydroxylation sites is 1. The van der Waals surface area contributed by atoms with Crippen molar-refractivity contribution in [3.05, 3.63) is 65.3 Å². The molecule has 0 N–H and O–H groups in total. The molecule has 0 aliphatic carbocycles. The zero-order valence-corrected chi connectivity index (χ0v) is 15.3. The fourth-order valence-electron chi connectivity index (χ4n) is 3.63. The minimum Gasteiger partial charge on any atom is -0.441 e. The summed E-state index contributed by atoms with van der Waals surface area (Å²) in [6.07, 6.45) is 1.28. The van der Waals surface area contributed by atoms with Crippen molar-refractivity contribution in [3.63, 3.8) is 0 Å². The number of benzene rings is 2. The number of oxazole rings is 1. The molecule has 2 atom stereocenters. The van der Waals surface area contributed by atoms with Crippen LogP contribution >= 0.6 is 0 Å². The Bertz CT molecular complexity index is 967. The topological polar surface area (TPSA) is 55.6 Å². The summed E-state index contributed by atoms with van der Waals surface area (Å²) in [5.41, 5.74) is 2.67. The lowest BCUT2D eigenvalue weighted by molar-refractivity contribution is -0.0197. The van der Waals surface area contributed by atoms with Crippen molar-refractivity contribution in [2.24, 2.45) is 0 Å². The van der Waals surface area contributed by atoms with Crippen LogP contribution in [0.2, 0.25) is 0 Å². The number of amides is 1. The molecule has 2 heterocycles. The van der Waals surface area contributed by atoms with Crippen LogP contribution in [0.15, 0.2) is 46.9 Å². The molecule has 1 fully saturated rings. The van der Waals surface area contributed by atoms with Crippen molar-refractivity contribution in [2.45, 2.75) is 31.9 Å². The summed E-state index contributed by atoms with van der Waals surface area (Å²) in [5.74, 6) is 0.184. The number of carbonyl (C=O) groups is 1. The van der Waals surface area contributed by atoms with Crippen LogP contribution in [0.1, 0.15) is 40.8 Å². The number of halogens is 1. The van der Waals surface area contributed by atoms with Gasteiger partial charge in [-0.25, -0.2) is 9.37 Å². The second-order valence-electron chi connectivity index (χ2n) is 6.89. The van der Waals surface area contributed by atoms with Gasteiger partial charge in [-0.1, -0.05) is 18.2 Å². The van der Waals surface area contributed by atoms with Crippen molar-refractivity contribution in [3.8, 4) is 0 Å². The molecule has 1 aliphatic rings. The highest BCUT2D eigenvalue weighted by molar-refractivity contribution is 6.04. The minimum absolute atomic E-state index is 0.0320. The third kappa shape index (κ3) is 3.45. The molecule has 3 aromatic rings. The van der Waals surface area contributed by atoms with Gasteiger partial charge in [0.25, 0.3) is 5.91 Å². The van der Waals surface area contributed by atoms with Gasteiger partial charge >= 0.3 is 0 Å². The molecule has 0 bridgehead atoms. The van der Waals surface area contributed by atoms with Gasteiger partial charge in [-0.3, -0.25) is 4.79 Å². The van der Waals surface area contributed by atoms with E-state index in [1.165, 1.54) is 12.1 Å². The van der Waals surface area contributed by atoms with Gasteiger partial charge in [0.2, 0.25) is 0 Å². The molecule has 1 aliphatic heterocycles. The molecule has 0 saturated carbocycles. The van der Waals surface area contributed by atoms with Crippen LogP contribution in [0.25, 0.3) is 11.1 Å². The Hall–Kier alpha value is -2.73. The first-order chi connectivity index (χ1) is 13.0. The molecule has 2 unspecified atom stereocenters. The predicted molar refractivity (Wildman–Crippen MR) is 99.0 cm³/mol. The van der Waals surface area contributed by atoms with Crippen LogP contribution in [0.4, 0.5) is 4.39 Å². The molecular weight excluding hydrogens is 347 g/mol. The molecule has 140 valence electrons.